The van der Waals surface area contributed by atoms with E-state index in [0.717, 1.165) is 6.92 Å². The summed E-state index contributed by atoms with van der Waals surface area (Å²) in [5.74, 6) is 0. The maximum atomic E-state index is 11.3. The molecule has 0 aromatic carbocycles. The first kappa shape index (κ1) is 7.75. The number of halogens is 3. The Morgan fingerprint density at radius 1 is 1.50 bits per heavy atom. The molecule has 0 bridgehead atoms. The molecule has 0 aliphatic heterocycles. The van der Waals surface area contributed by atoms with E-state index in [-0.39, 0.29) is 0 Å². The SMILES string of the molecule is [CH2]OC(C)C(F)(F)F. The number of alkyl halides is 3. The van der Waals surface area contributed by atoms with Gasteiger partial charge in [-0.25, -0.2) is 0 Å². The van der Waals surface area contributed by atoms with Crippen molar-refractivity contribution in [3.8, 4) is 0 Å². The zero-order valence-electron chi connectivity index (χ0n) is 4.33. The van der Waals surface area contributed by atoms with Gasteiger partial charge >= 0.3 is 6.18 Å². The van der Waals surface area contributed by atoms with Crippen LogP contribution in [0.15, 0.2) is 0 Å². The molecule has 1 nitrogen and oxygen atoms in total. The van der Waals surface area contributed by atoms with E-state index in [1.807, 2.05) is 0 Å². The van der Waals surface area contributed by atoms with Crippen LogP contribution in [0.5, 0.6) is 0 Å². The van der Waals surface area contributed by atoms with Crippen LogP contribution in [0.1, 0.15) is 6.92 Å². The van der Waals surface area contributed by atoms with E-state index < -0.39 is 12.3 Å². The van der Waals surface area contributed by atoms with Crippen LogP contribution in [0, 0.1) is 7.11 Å². The molecule has 1 unspecified atom stereocenters. The van der Waals surface area contributed by atoms with Gasteiger partial charge < -0.3 is 4.74 Å². The number of hydrogen-bond donors (Lipinski definition) is 0. The summed E-state index contributed by atoms with van der Waals surface area (Å²) >= 11 is 0. The van der Waals surface area contributed by atoms with Crippen LogP contribution >= 0.6 is 0 Å². The van der Waals surface area contributed by atoms with Crippen molar-refractivity contribution in [2.45, 2.75) is 19.2 Å². The van der Waals surface area contributed by atoms with Gasteiger partial charge in [-0.15, -0.1) is 0 Å². The molecule has 0 N–H and O–H groups in total. The van der Waals surface area contributed by atoms with Gasteiger partial charge in [-0.05, 0) is 6.92 Å². The first-order valence-corrected chi connectivity index (χ1v) is 1.96. The lowest BCUT2D eigenvalue weighted by Gasteiger charge is -2.11. The highest BCUT2D eigenvalue weighted by molar-refractivity contribution is 4.59. The van der Waals surface area contributed by atoms with Gasteiger partial charge in [0.25, 0.3) is 0 Å². The fourth-order valence-corrected chi connectivity index (χ4v) is 0.0945. The molecular formula is C4H6F3O. The number of ether oxygens (including phenoxy) is 1. The van der Waals surface area contributed by atoms with Crippen molar-refractivity contribution >= 4 is 0 Å². The second kappa shape index (κ2) is 2.35. The largest absolute Gasteiger partial charge is 0.414 e. The van der Waals surface area contributed by atoms with E-state index in [9.17, 15) is 13.2 Å². The molecule has 0 aliphatic carbocycles. The average molecular weight is 127 g/mol. The maximum absolute atomic E-state index is 11.3. The molecule has 0 spiro atoms. The van der Waals surface area contributed by atoms with Crippen LogP contribution in [0.2, 0.25) is 0 Å². The van der Waals surface area contributed by atoms with Crippen molar-refractivity contribution in [1.82, 2.24) is 0 Å². The molecule has 0 aliphatic rings. The van der Waals surface area contributed by atoms with Crippen molar-refractivity contribution in [1.29, 1.82) is 0 Å². The molecule has 0 aromatic rings. The minimum atomic E-state index is -4.28. The first-order chi connectivity index (χ1) is 3.48. The lowest BCUT2D eigenvalue weighted by molar-refractivity contribution is -0.200. The van der Waals surface area contributed by atoms with Gasteiger partial charge in [0.2, 0.25) is 0 Å². The van der Waals surface area contributed by atoms with E-state index in [1.165, 1.54) is 0 Å². The Kier molecular flexibility index (Phi) is 2.27. The predicted molar refractivity (Wildman–Crippen MR) is 22.0 cm³/mol. The molecule has 49 valence electrons. The minimum absolute atomic E-state index is 0.896. The van der Waals surface area contributed by atoms with E-state index in [4.69, 9.17) is 0 Å². The number of hydrogen-bond acceptors (Lipinski definition) is 1. The molecular weight excluding hydrogens is 121 g/mol. The Hall–Kier alpha value is -0.250. The fourth-order valence-electron chi connectivity index (χ4n) is 0.0945. The van der Waals surface area contributed by atoms with E-state index >= 15 is 0 Å². The summed E-state index contributed by atoms with van der Waals surface area (Å²) in [6.07, 6.45) is -6.04. The van der Waals surface area contributed by atoms with Gasteiger partial charge in [-0.2, -0.15) is 13.2 Å². The minimum Gasteiger partial charge on any atom is -0.367 e. The van der Waals surface area contributed by atoms with Gasteiger partial charge in [0.1, 0.15) is 0 Å². The Morgan fingerprint density at radius 3 is 1.88 bits per heavy atom. The second-order valence-electron chi connectivity index (χ2n) is 1.35. The van der Waals surface area contributed by atoms with Gasteiger partial charge in [0.15, 0.2) is 6.10 Å². The lowest BCUT2D eigenvalue weighted by atomic mass is 10.4. The maximum Gasteiger partial charge on any atom is 0.414 e. The van der Waals surface area contributed by atoms with Crippen LogP contribution in [-0.4, -0.2) is 12.3 Å². The molecule has 4 heteroatoms. The highest BCUT2D eigenvalue weighted by atomic mass is 19.4. The van der Waals surface area contributed by atoms with Gasteiger partial charge in [0.05, 0.1) is 7.11 Å². The summed E-state index contributed by atoms with van der Waals surface area (Å²) in [5, 5.41) is 0. The van der Waals surface area contributed by atoms with Gasteiger partial charge in [-0.3, -0.25) is 0 Å². The Morgan fingerprint density at radius 2 is 1.88 bits per heavy atom. The van der Waals surface area contributed by atoms with Crippen LogP contribution in [0.25, 0.3) is 0 Å². The summed E-state index contributed by atoms with van der Waals surface area (Å²) < 4.78 is 37.6. The summed E-state index contributed by atoms with van der Waals surface area (Å²) in [5.41, 5.74) is 0. The highest BCUT2D eigenvalue weighted by Gasteiger charge is 2.35. The summed E-state index contributed by atoms with van der Waals surface area (Å²) in [4.78, 5) is 0. The quantitative estimate of drug-likeness (QED) is 0.521. The first-order valence-electron chi connectivity index (χ1n) is 1.96. The third-order valence-corrected chi connectivity index (χ3v) is 0.711. The van der Waals surface area contributed by atoms with Crippen molar-refractivity contribution < 1.29 is 17.9 Å². The van der Waals surface area contributed by atoms with Crippen LogP contribution in [-0.2, 0) is 4.74 Å². The van der Waals surface area contributed by atoms with Crippen LogP contribution < -0.4 is 0 Å². The number of rotatable bonds is 1. The summed E-state index contributed by atoms with van der Waals surface area (Å²) in [7, 11) is 2.63. The standard InChI is InChI=1S/C4H6F3O/c1-3(8-2)4(5,6)7/h3H,2H2,1H3. The molecule has 1 atom stereocenters. The van der Waals surface area contributed by atoms with Crippen LogP contribution in [0.3, 0.4) is 0 Å². The molecule has 8 heavy (non-hydrogen) atoms. The molecule has 1 radical (unpaired) electrons. The van der Waals surface area contributed by atoms with E-state index in [1.54, 1.807) is 0 Å². The average Bonchev–Trinajstić information content (AvgIpc) is 1.62. The van der Waals surface area contributed by atoms with E-state index in [0.29, 0.717) is 0 Å². The third kappa shape index (κ3) is 2.16. The highest BCUT2D eigenvalue weighted by Crippen LogP contribution is 2.21. The zero-order chi connectivity index (χ0) is 6.78. The molecule has 0 fully saturated rings. The molecule has 0 aromatic heterocycles. The monoisotopic (exact) mass is 127 g/mol. The van der Waals surface area contributed by atoms with Crippen molar-refractivity contribution in [3.05, 3.63) is 7.11 Å². The molecule has 0 amide bonds. The smallest absolute Gasteiger partial charge is 0.367 e. The van der Waals surface area contributed by atoms with E-state index in [2.05, 4.69) is 11.8 Å². The molecule has 0 saturated carbocycles. The van der Waals surface area contributed by atoms with Gasteiger partial charge in [0, 0.05) is 0 Å². The molecule has 0 heterocycles. The Balaban J connectivity index is 3.62. The molecule has 0 rings (SSSR count). The normalized spacial score (nSPS) is 16.1. The topological polar surface area (TPSA) is 9.23 Å². The summed E-state index contributed by atoms with van der Waals surface area (Å²) in [6.45, 7) is 0.896. The van der Waals surface area contributed by atoms with Gasteiger partial charge in [-0.1, -0.05) is 0 Å². The second-order valence-corrected chi connectivity index (χ2v) is 1.35. The molecule has 0 saturated heterocycles. The Bertz CT molecular complexity index is 68.2. The predicted octanol–water partition coefficient (Wildman–Crippen LogP) is 1.75. The van der Waals surface area contributed by atoms with Crippen molar-refractivity contribution in [2.75, 3.05) is 0 Å². The third-order valence-electron chi connectivity index (χ3n) is 0.711. The Labute approximate surface area is 45.4 Å². The zero-order valence-corrected chi connectivity index (χ0v) is 4.33. The van der Waals surface area contributed by atoms with Crippen molar-refractivity contribution in [2.24, 2.45) is 0 Å². The lowest BCUT2D eigenvalue weighted by Crippen LogP contribution is -2.26. The van der Waals surface area contributed by atoms with Crippen LogP contribution in [0.4, 0.5) is 13.2 Å². The van der Waals surface area contributed by atoms with Crippen molar-refractivity contribution in [3.63, 3.8) is 0 Å². The fraction of sp³-hybridized carbons (Fsp3) is 0.750. The summed E-state index contributed by atoms with van der Waals surface area (Å²) in [6, 6.07) is 0.